The predicted molar refractivity (Wildman–Crippen MR) is 75.7 cm³/mol. The van der Waals surface area contributed by atoms with Gasteiger partial charge in [0.05, 0.1) is 0 Å². The van der Waals surface area contributed by atoms with E-state index in [1.54, 1.807) is 0 Å². The molecule has 17 heavy (non-hydrogen) atoms. The molecule has 0 aliphatic carbocycles. The number of thioether (sulfide) groups is 1. The van der Waals surface area contributed by atoms with Crippen molar-refractivity contribution >= 4 is 11.8 Å². The summed E-state index contributed by atoms with van der Waals surface area (Å²) in [5.41, 5.74) is 0. The third kappa shape index (κ3) is 4.02. The summed E-state index contributed by atoms with van der Waals surface area (Å²) in [6.45, 7) is 8.07. The van der Waals surface area contributed by atoms with E-state index in [1.165, 1.54) is 23.7 Å². The molecule has 1 N–H and O–H groups in total. The first-order valence-electron chi connectivity index (χ1n) is 6.41. The van der Waals surface area contributed by atoms with E-state index < -0.39 is 0 Å². The van der Waals surface area contributed by atoms with Crippen molar-refractivity contribution in [3.05, 3.63) is 30.3 Å². The molecule has 0 spiro atoms. The fourth-order valence-electron chi connectivity index (χ4n) is 2.21. The highest BCUT2D eigenvalue weighted by Crippen LogP contribution is 2.17. The number of hydrogen-bond donors (Lipinski definition) is 1. The van der Waals surface area contributed by atoms with Gasteiger partial charge in [-0.25, -0.2) is 0 Å². The van der Waals surface area contributed by atoms with Crippen molar-refractivity contribution in [2.45, 2.75) is 30.8 Å². The molecular weight excluding hydrogens is 228 g/mol. The van der Waals surface area contributed by atoms with Crippen LogP contribution in [0.25, 0.3) is 0 Å². The molecule has 1 aliphatic rings. The average molecular weight is 250 g/mol. The van der Waals surface area contributed by atoms with Gasteiger partial charge in [-0.05, 0) is 26.0 Å². The highest BCUT2D eigenvalue weighted by Gasteiger charge is 2.21. The Balaban J connectivity index is 1.74. The lowest BCUT2D eigenvalue weighted by Crippen LogP contribution is -2.54. The Bertz CT molecular complexity index is 328. The second kappa shape index (κ2) is 6.43. The summed E-state index contributed by atoms with van der Waals surface area (Å²) in [7, 11) is 0. The van der Waals surface area contributed by atoms with Gasteiger partial charge in [0.15, 0.2) is 0 Å². The third-order valence-corrected chi connectivity index (χ3v) is 4.28. The van der Waals surface area contributed by atoms with E-state index in [-0.39, 0.29) is 0 Å². The first-order valence-corrected chi connectivity index (χ1v) is 7.39. The van der Waals surface area contributed by atoms with Gasteiger partial charge in [0.25, 0.3) is 0 Å². The molecular formula is C14H22N2S. The maximum absolute atomic E-state index is 3.52. The van der Waals surface area contributed by atoms with Crippen LogP contribution < -0.4 is 5.32 Å². The lowest BCUT2D eigenvalue weighted by Gasteiger charge is -2.37. The largest absolute Gasteiger partial charge is 0.311 e. The van der Waals surface area contributed by atoms with E-state index >= 15 is 0 Å². The van der Waals surface area contributed by atoms with E-state index in [2.05, 4.69) is 54.4 Å². The van der Waals surface area contributed by atoms with Crippen molar-refractivity contribution < 1.29 is 0 Å². The maximum atomic E-state index is 3.52. The summed E-state index contributed by atoms with van der Waals surface area (Å²) >= 11 is 1.96. The van der Waals surface area contributed by atoms with E-state index in [9.17, 15) is 0 Å². The molecule has 0 radical (unpaired) electrons. The quantitative estimate of drug-likeness (QED) is 0.827. The minimum atomic E-state index is 0.632. The van der Waals surface area contributed by atoms with Crippen molar-refractivity contribution in [3.8, 4) is 0 Å². The van der Waals surface area contributed by atoms with Crippen LogP contribution >= 0.6 is 11.8 Å². The Morgan fingerprint density at radius 1 is 1.29 bits per heavy atom. The molecule has 2 atom stereocenters. The van der Waals surface area contributed by atoms with Crippen molar-refractivity contribution in [1.82, 2.24) is 10.2 Å². The fraction of sp³-hybridized carbons (Fsp3) is 0.571. The van der Waals surface area contributed by atoms with E-state index in [1.807, 2.05) is 11.8 Å². The number of nitrogens with zero attached hydrogens (tertiary/aromatic N) is 1. The summed E-state index contributed by atoms with van der Waals surface area (Å²) in [6.07, 6.45) is 0. The number of piperazine rings is 1. The molecule has 0 bridgehead atoms. The van der Waals surface area contributed by atoms with Crippen LogP contribution in [0.5, 0.6) is 0 Å². The van der Waals surface area contributed by atoms with Crippen LogP contribution in [0.2, 0.25) is 0 Å². The number of nitrogens with one attached hydrogen (secondary N) is 1. The summed E-state index contributed by atoms with van der Waals surface area (Å²) < 4.78 is 0. The van der Waals surface area contributed by atoms with Crippen molar-refractivity contribution in [3.63, 3.8) is 0 Å². The van der Waals surface area contributed by atoms with E-state index in [0.717, 1.165) is 6.54 Å². The number of hydrogen-bond acceptors (Lipinski definition) is 3. The van der Waals surface area contributed by atoms with E-state index in [4.69, 9.17) is 0 Å². The Kier molecular flexibility index (Phi) is 4.89. The van der Waals surface area contributed by atoms with Gasteiger partial charge in [-0.15, -0.1) is 11.8 Å². The molecule has 2 nitrogen and oxygen atoms in total. The zero-order valence-electron chi connectivity index (χ0n) is 10.7. The lowest BCUT2D eigenvalue weighted by atomic mass is 10.1. The minimum Gasteiger partial charge on any atom is -0.311 e. The second-order valence-corrected chi connectivity index (χ2v) is 5.98. The molecule has 3 heteroatoms. The van der Waals surface area contributed by atoms with Gasteiger partial charge in [-0.3, -0.25) is 4.90 Å². The third-order valence-electron chi connectivity index (χ3n) is 3.28. The zero-order valence-corrected chi connectivity index (χ0v) is 11.5. The summed E-state index contributed by atoms with van der Waals surface area (Å²) in [5.74, 6) is 1.18. The Labute approximate surface area is 109 Å². The van der Waals surface area contributed by atoms with Crippen LogP contribution in [0.15, 0.2) is 35.2 Å². The molecule has 94 valence electrons. The maximum Gasteiger partial charge on any atom is 0.0193 e. The van der Waals surface area contributed by atoms with Gasteiger partial charge in [0.2, 0.25) is 0 Å². The van der Waals surface area contributed by atoms with Gasteiger partial charge in [-0.2, -0.15) is 0 Å². The highest BCUT2D eigenvalue weighted by atomic mass is 32.2. The van der Waals surface area contributed by atoms with Crippen LogP contribution in [0.3, 0.4) is 0 Å². The number of rotatable bonds is 4. The zero-order chi connectivity index (χ0) is 12.1. The molecule has 0 aromatic heterocycles. The van der Waals surface area contributed by atoms with Crippen LogP contribution in [0, 0.1) is 0 Å². The molecule has 1 aromatic rings. The van der Waals surface area contributed by atoms with Crippen LogP contribution in [-0.4, -0.2) is 42.4 Å². The van der Waals surface area contributed by atoms with Gasteiger partial charge >= 0.3 is 0 Å². The Hall–Kier alpha value is -0.510. The lowest BCUT2D eigenvalue weighted by molar-refractivity contribution is 0.156. The standard InChI is InChI=1S/C14H22N2S/c1-12-11-16(13(2)10-15-12)8-9-17-14-6-4-3-5-7-14/h3-7,12-13,15H,8-11H2,1-2H3. The second-order valence-electron chi connectivity index (χ2n) is 4.81. The number of benzene rings is 1. The summed E-state index contributed by atoms with van der Waals surface area (Å²) in [4.78, 5) is 3.97. The molecule has 0 saturated carbocycles. The summed E-state index contributed by atoms with van der Waals surface area (Å²) in [6, 6.07) is 12.0. The Morgan fingerprint density at radius 2 is 2.06 bits per heavy atom. The SMILES string of the molecule is CC1CN(CCSc2ccccc2)C(C)CN1. The van der Waals surface area contributed by atoms with Gasteiger partial charge in [-0.1, -0.05) is 18.2 Å². The molecule has 1 aromatic carbocycles. The van der Waals surface area contributed by atoms with Gasteiger partial charge in [0, 0.05) is 42.4 Å². The first kappa shape index (κ1) is 12.9. The minimum absolute atomic E-state index is 0.632. The molecule has 1 saturated heterocycles. The van der Waals surface area contributed by atoms with Crippen LogP contribution in [0.1, 0.15) is 13.8 Å². The van der Waals surface area contributed by atoms with Crippen LogP contribution in [0.4, 0.5) is 0 Å². The average Bonchev–Trinajstić information content (AvgIpc) is 2.35. The first-order chi connectivity index (χ1) is 8.25. The van der Waals surface area contributed by atoms with Crippen molar-refractivity contribution in [2.75, 3.05) is 25.4 Å². The predicted octanol–water partition coefficient (Wildman–Crippen LogP) is 2.46. The fourth-order valence-corrected chi connectivity index (χ4v) is 3.12. The highest BCUT2D eigenvalue weighted by molar-refractivity contribution is 7.99. The van der Waals surface area contributed by atoms with Gasteiger partial charge in [0.1, 0.15) is 0 Å². The topological polar surface area (TPSA) is 15.3 Å². The molecule has 1 fully saturated rings. The Morgan fingerprint density at radius 3 is 2.82 bits per heavy atom. The summed E-state index contributed by atoms with van der Waals surface area (Å²) in [5, 5.41) is 3.52. The normalized spacial score (nSPS) is 26.0. The molecule has 0 amide bonds. The molecule has 2 unspecified atom stereocenters. The van der Waals surface area contributed by atoms with Crippen molar-refractivity contribution in [1.29, 1.82) is 0 Å². The monoisotopic (exact) mass is 250 g/mol. The van der Waals surface area contributed by atoms with E-state index in [0.29, 0.717) is 12.1 Å². The molecule has 2 rings (SSSR count). The van der Waals surface area contributed by atoms with Crippen molar-refractivity contribution in [2.24, 2.45) is 0 Å². The molecule has 1 heterocycles. The van der Waals surface area contributed by atoms with Gasteiger partial charge < -0.3 is 5.32 Å². The smallest absolute Gasteiger partial charge is 0.0193 e. The van der Waals surface area contributed by atoms with Crippen LogP contribution in [-0.2, 0) is 0 Å². The molecule has 1 aliphatic heterocycles.